The van der Waals surface area contributed by atoms with Crippen molar-refractivity contribution in [1.82, 2.24) is 10.4 Å². The van der Waals surface area contributed by atoms with Gasteiger partial charge < -0.3 is 5.73 Å². The number of hydrazine groups is 1. The summed E-state index contributed by atoms with van der Waals surface area (Å²) in [6.45, 7) is 1.98. The minimum Gasteiger partial charge on any atom is -0.383 e. The number of aromatic nitrogens is 1. The highest BCUT2D eigenvalue weighted by Gasteiger charge is 2.15. The van der Waals surface area contributed by atoms with Crippen LogP contribution in [0.4, 0.5) is 5.82 Å². The van der Waals surface area contributed by atoms with E-state index in [2.05, 4.69) is 10.4 Å². The number of benzene rings is 1. The molecule has 0 fully saturated rings. The number of rotatable bonds is 5. The lowest BCUT2D eigenvalue weighted by Crippen LogP contribution is -2.30. The van der Waals surface area contributed by atoms with Crippen molar-refractivity contribution < 1.29 is 0 Å². The Hall–Kier alpha value is -1.27. The van der Waals surface area contributed by atoms with Gasteiger partial charge in [-0.25, -0.2) is 4.98 Å². The molecule has 1 heterocycles. The number of nitrogens with zero attached hydrogens (tertiary/aromatic N) is 1. The zero-order chi connectivity index (χ0) is 14.5. The van der Waals surface area contributed by atoms with Gasteiger partial charge >= 0.3 is 0 Å². The summed E-state index contributed by atoms with van der Waals surface area (Å²) >= 11 is 7.78. The number of nitrogens with one attached hydrogen (secondary N) is 1. The molecule has 5 N–H and O–H groups in total. The summed E-state index contributed by atoms with van der Waals surface area (Å²) in [5.74, 6) is 6.86. The fraction of sp³-hybridized carbons (Fsp3) is 0.214. The van der Waals surface area contributed by atoms with Gasteiger partial charge in [0.2, 0.25) is 0 Å². The van der Waals surface area contributed by atoms with E-state index in [1.165, 1.54) is 0 Å². The minimum atomic E-state index is -0.0799. The number of thioether (sulfide) groups is 1. The second-order valence-electron chi connectivity index (χ2n) is 4.45. The number of hydrogen-bond acceptors (Lipinski definition) is 5. The van der Waals surface area contributed by atoms with Crippen LogP contribution in [-0.2, 0) is 0 Å². The number of halogens is 1. The highest BCUT2D eigenvalue weighted by atomic mass is 35.5. The number of pyridine rings is 1. The third-order valence-electron chi connectivity index (χ3n) is 2.90. The molecule has 0 amide bonds. The summed E-state index contributed by atoms with van der Waals surface area (Å²) in [5, 5.41) is 0.739. The average molecular weight is 309 g/mol. The summed E-state index contributed by atoms with van der Waals surface area (Å²) in [4.78, 5) is 5.19. The van der Waals surface area contributed by atoms with Crippen LogP contribution in [0, 0.1) is 6.92 Å². The van der Waals surface area contributed by atoms with Crippen LogP contribution in [-0.4, -0.2) is 10.7 Å². The topological polar surface area (TPSA) is 77.0 Å². The van der Waals surface area contributed by atoms with E-state index in [0.29, 0.717) is 5.82 Å². The van der Waals surface area contributed by atoms with Crippen molar-refractivity contribution in [2.24, 2.45) is 5.84 Å². The fourth-order valence-corrected chi connectivity index (χ4v) is 3.15. The van der Waals surface area contributed by atoms with Crippen molar-refractivity contribution in [2.45, 2.75) is 17.9 Å². The molecule has 4 nitrogen and oxygen atoms in total. The Bertz CT molecular complexity index is 591. The van der Waals surface area contributed by atoms with Gasteiger partial charge in [-0.2, -0.15) is 0 Å². The van der Waals surface area contributed by atoms with Crippen LogP contribution >= 0.6 is 23.4 Å². The lowest BCUT2D eigenvalue weighted by molar-refractivity contribution is 0.610. The van der Waals surface area contributed by atoms with Gasteiger partial charge in [0.25, 0.3) is 0 Å². The van der Waals surface area contributed by atoms with Crippen LogP contribution in [0.2, 0.25) is 5.02 Å². The third kappa shape index (κ3) is 3.64. The first-order valence-corrected chi connectivity index (χ1v) is 7.53. The summed E-state index contributed by atoms with van der Waals surface area (Å²) in [5.41, 5.74) is 10.7. The highest BCUT2D eigenvalue weighted by Crippen LogP contribution is 2.31. The second kappa shape index (κ2) is 6.95. The zero-order valence-electron chi connectivity index (χ0n) is 11.1. The highest BCUT2D eigenvalue weighted by molar-refractivity contribution is 7.99. The maximum absolute atomic E-state index is 6.14. The van der Waals surface area contributed by atoms with Crippen LogP contribution in [0.3, 0.4) is 0 Å². The first-order valence-electron chi connectivity index (χ1n) is 6.17. The predicted octanol–water partition coefficient (Wildman–Crippen LogP) is 2.92. The molecule has 0 aliphatic rings. The Balaban J connectivity index is 2.13. The van der Waals surface area contributed by atoms with Gasteiger partial charge in [0.1, 0.15) is 5.82 Å². The minimum absolute atomic E-state index is 0.0799. The van der Waals surface area contributed by atoms with Crippen molar-refractivity contribution in [3.05, 3.63) is 52.7 Å². The van der Waals surface area contributed by atoms with Crippen LogP contribution in [0.25, 0.3) is 0 Å². The predicted molar refractivity (Wildman–Crippen MR) is 85.6 cm³/mol. The molecule has 0 bridgehead atoms. The summed E-state index contributed by atoms with van der Waals surface area (Å²) in [6, 6.07) is 9.65. The first-order chi connectivity index (χ1) is 9.61. The van der Waals surface area contributed by atoms with Gasteiger partial charge in [0.15, 0.2) is 0 Å². The number of anilines is 1. The average Bonchev–Trinajstić information content (AvgIpc) is 2.45. The zero-order valence-corrected chi connectivity index (χ0v) is 12.7. The summed E-state index contributed by atoms with van der Waals surface area (Å²) in [6.07, 6.45) is 1.74. The summed E-state index contributed by atoms with van der Waals surface area (Å²) < 4.78 is 0. The number of nitrogens with two attached hydrogens (primary N) is 2. The van der Waals surface area contributed by atoms with E-state index in [1.54, 1.807) is 18.0 Å². The van der Waals surface area contributed by atoms with Crippen molar-refractivity contribution in [1.29, 1.82) is 0 Å². The first kappa shape index (κ1) is 15.1. The van der Waals surface area contributed by atoms with E-state index in [4.69, 9.17) is 23.2 Å². The molecule has 1 unspecified atom stereocenters. The Morgan fingerprint density at radius 3 is 2.85 bits per heavy atom. The monoisotopic (exact) mass is 308 g/mol. The van der Waals surface area contributed by atoms with E-state index in [0.717, 1.165) is 26.8 Å². The lowest BCUT2D eigenvalue weighted by Gasteiger charge is -2.18. The molecule has 0 saturated carbocycles. The standard InChI is InChI=1S/C14H17ClN4S/c1-9-6-10(14(16)18-7-9)12(19-17)8-20-13-5-3-2-4-11(13)15/h2-7,12,19H,8,17H2,1H3,(H2,16,18). The van der Waals surface area contributed by atoms with Crippen LogP contribution in [0.15, 0.2) is 41.4 Å². The van der Waals surface area contributed by atoms with Gasteiger partial charge in [0, 0.05) is 22.4 Å². The molecule has 1 atom stereocenters. The second-order valence-corrected chi connectivity index (χ2v) is 5.92. The van der Waals surface area contributed by atoms with Crippen LogP contribution in [0.5, 0.6) is 0 Å². The molecule has 0 aliphatic carbocycles. The molecule has 0 radical (unpaired) electrons. The molecular weight excluding hydrogens is 292 g/mol. The van der Waals surface area contributed by atoms with Crippen LogP contribution in [0.1, 0.15) is 17.2 Å². The maximum atomic E-state index is 6.14. The number of nitrogen functional groups attached to an aromatic ring is 1. The summed E-state index contributed by atoms with van der Waals surface area (Å²) in [7, 11) is 0. The van der Waals surface area contributed by atoms with Crippen molar-refractivity contribution in [2.75, 3.05) is 11.5 Å². The molecule has 20 heavy (non-hydrogen) atoms. The molecule has 0 spiro atoms. The fourth-order valence-electron chi connectivity index (χ4n) is 1.84. The quantitative estimate of drug-likeness (QED) is 0.450. The van der Waals surface area contributed by atoms with E-state index in [1.807, 2.05) is 37.3 Å². The van der Waals surface area contributed by atoms with Gasteiger partial charge in [-0.3, -0.25) is 11.3 Å². The van der Waals surface area contributed by atoms with Gasteiger partial charge in [-0.05, 0) is 30.7 Å². The molecule has 2 rings (SSSR count). The van der Waals surface area contributed by atoms with E-state index < -0.39 is 0 Å². The molecule has 106 valence electrons. The SMILES string of the molecule is Cc1cnc(N)c(C(CSc2ccccc2Cl)NN)c1. The van der Waals surface area contributed by atoms with Crippen molar-refractivity contribution in [3.8, 4) is 0 Å². The molecule has 1 aromatic carbocycles. The molecule has 0 saturated heterocycles. The van der Waals surface area contributed by atoms with Gasteiger partial charge in [-0.1, -0.05) is 23.7 Å². The lowest BCUT2D eigenvalue weighted by atomic mass is 10.1. The van der Waals surface area contributed by atoms with Crippen molar-refractivity contribution >= 4 is 29.2 Å². The molecule has 0 aliphatic heterocycles. The molecule has 6 heteroatoms. The molecule has 2 aromatic rings. The van der Waals surface area contributed by atoms with Crippen molar-refractivity contribution in [3.63, 3.8) is 0 Å². The van der Waals surface area contributed by atoms with E-state index in [-0.39, 0.29) is 6.04 Å². The number of aryl methyl sites for hydroxylation is 1. The van der Waals surface area contributed by atoms with Gasteiger partial charge in [0.05, 0.1) is 11.1 Å². The Labute approximate surface area is 127 Å². The Morgan fingerprint density at radius 1 is 1.40 bits per heavy atom. The van der Waals surface area contributed by atoms with Crippen LogP contribution < -0.4 is 17.0 Å². The largest absolute Gasteiger partial charge is 0.383 e. The maximum Gasteiger partial charge on any atom is 0.128 e. The third-order valence-corrected chi connectivity index (χ3v) is 4.51. The van der Waals surface area contributed by atoms with Gasteiger partial charge in [-0.15, -0.1) is 11.8 Å². The molecular formula is C14H17ClN4S. The molecule has 1 aromatic heterocycles. The van der Waals surface area contributed by atoms with E-state index in [9.17, 15) is 0 Å². The number of hydrogen-bond donors (Lipinski definition) is 3. The Morgan fingerprint density at radius 2 is 2.15 bits per heavy atom. The van der Waals surface area contributed by atoms with E-state index >= 15 is 0 Å². The smallest absolute Gasteiger partial charge is 0.128 e. The normalized spacial score (nSPS) is 12.3. The Kier molecular flexibility index (Phi) is 5.25.